The van der Waals surface area contributed by atoms with Crippen molar-refractivity contribution in [1.29, 1.82) is 0 Å². The van der Waals surface area contributed by atoms with Gasteiger partial charge in [-0.3, -0.25) is 9.59 Å². The lowest BCUT2D eigenvalue weighted by Crippen LogP contribution is -2.42. The van der Waals surface area contributed by atoms with Crippen LogP contribution in [0.2, 0.25) is 0 Å². The second-order valence-corrected chi connectivity index (χ2v) is 9.66. The fraction of sp³-hybridized carbons (Fsp3) is 0.500. The molecule has 0 aliphatic carbocycles. The SMILES string of the molecule is O=C(NCc1ccco1)C1CCN(S(=O)(=O)c2c[nH]c(C(=O)N3CCCC3)c2)CC1. The molecule has 0 spiro atoms. The van der Waals surface area contributed by atoms with Crippen molar-refractivity contribution in [2.45, 2.75) is 37.1 Å². The molecule has 2 aliphatic heterocycles. The average Bonchev–Trinajstić information content (AvgIpc) is 3.53. The molecule has 10 heteroatoms. The molecule has 0 unspecified atom stereocenters. The van der Waals surface area contributed by atoms with E-state index in [-0.39, 0.29) is 35.7 Å². The van der Waals surface area contributed by atoms with Gasteiger partial charge in [-0.25, -0.2) is 8.42 Å². The van der Waals surface area contributed by atoms with Crippen LogP contribution in [0.5, 0.6) is 0 Å². The van der Waals surface area contributed by atoms with Gasteiger partial charge in [0.2, 0.25) is 15.9 Å². The van der Waals surface area contributed by atoms with Gasteiger partial charge in [-0.2, -0.15) is 4.31 Å². The third kappa shape index (κ3) is 4.29. The summed E-state index contributed by atoms with van der Waals surface area (Å²) in [4.78, 5) is 29.5. The van der Waals surface area contributed by atoms with E-state index < -0.39 is 10.0 Å². The molecule has 0 saturated carbocycles. The second-order valence-electron chi connectivity index (χ2n) is 7.72. The van der Waals surface area contributed by atoms with Crippen molar-refractivity contribution in [3.8, 4) is 0 Å². The molecule has 0 atom stereocenters. The predicted molar refractivity (Wildman–Crippen MR) is 108 cm³/mol. The number of nitrogens with zero attached hydrogens (tertiary/aromatic N) is 2. The topological polar surface area (TPSA) is 116 Å². The van der Waals surface area contributed by atoms with Gasteiger partial charge < -0.3 is 19.6 Å². The van der Waals surface area contributed by atoms with Gasteiger partial charge in [0.05, 0.1) is 12.8 Å². The molecule has 0 aromatic carbocycles. The smallest absolute Gasteiger partial charge is 0.270 e. The molecule has 9 nitrogen and oxygen atoms in total. The molecule has 162 valence electrons. The van der Waals surface area contributed by atoms with E-state index in [9.17, 15) is 18.0 Å². The summed E-state index contributed by atoms with van der Waals surface area (Å²) in [6.45, 7) is 2.26. The van der Waals surface area contributed by atoms with Crippen LogP contribution in [-0.2, 0) is 21.4 Å². The summed E-state index contributed by atoms with van der Waals surface area (Å²) in [5.74, 6) is 0.185. The number of aromatic amines is 1. The third-order valence-electron chi connectivity index (χ3n) is 5.76. The zero-order valence-corrected chi connectivity index (χ0v) is 17.5. The minimum Gasteiger partial charge on any atom is -0.467 e. The molecule has 4 heterocycles. The van der Waals surface area contributed by atoms with Gasteiger partial charge >= 0.3 is 0 Å². The van der Waals surface area contributed by atoms with E-state index in [0.29, 0.717) is 43.9 Å². The Morgan fingerprint density at radius 2 is 1.90 bits per heavy atom. The van der Waals surface area contributed by atoms with Crippen LogP contribution in [0.4, 0.5) is 0 Å². The van der Waals surface area contributed by atoms with Crippen LogP contribution in [0.3, 0.4) is 0 Å². The van der Waals surface area contributed by atoms with E-state index in [0.717, 1.165) is 12.8 Å². The first-order valence-corrected chi connectivity index (χ1v) is 11.7. The van der Waals surface area contributed by atoms with Gasteiger partial charge in [0.15, 0.2) is 0 Å². The van der Waals surface area contributed by atoms with Crippen molar-refractivity contribution >= 4 is 21.8 Å². The summed E-state index contributed by atoms with van der Waals surface area (Å²) >= 11 is 0. The summed E-state index contributed by atoms with van der Waals surface area (Å²) in [7, 11) is -3.71. The predicted octanol–water partition coefficient (Wildman–Crippen LogP) is 1.56. The zero-order chi connectivity index (χ0) is 21.1. The lowest BCUT2D eigenvalue weighted by atomic mass is 9.97. The summed E-state index contributed by atoms with van der Waals surface area (Å²) < 4.78 is 32.5. The quantitative estimate of drug-likeness (QED) is 0.716. The highest BCUT2D eigenvalue weighted by Crippen LogP contribution is 2.25. The number of hydrogen-bond donors (Lipinski definition) is 2. The van der Waals surface area contributed by atoms with Crippen LogP contribution in [0, 0.1) is 5.92 Å². The Morgan fingerprint density at radius 3 is 2.57 bits per heavy atom. The fourth-order valence-electron chi connectivity index (χ4n) is 3.98. The fourth-order valence-corrected chi connectivity index (χ4v) is 5.44. The number of nitrogens with one attached hydrogen (secondary N) is 2. The number of sulfonamides is 1. The van der Waals surface area contributed by atoms with E-state index in [4.69, 9.17) is 4.42 Å². The second kappa shape index (κ2) is 8.65. The average molecular weight is 435 g/mol. The molecule has 2 fully saturated rings. The minimum atomic E-state index is -3.71. The van der Waals surface area contributed by atoms with Crippen LogP contribution in [0.1, 0.15) is 41.9 Å². The first-order valence-electron chi connectivity index (χ1n) is 10.2. The molecule has 2 amide bonds. The van der Waals surface area contributed by atoms with E-state index in [1.165, 1.54) is 16.6 Å². The highest BCUT2D eigenvalue weighted by Gasteiger charge is 2.33. The van der Waals surface area contributed by atoms with Crippen LogP contribution in [0.15, 0.2) is 40.0 Å². The Kier molecular flexibility index (Phi) is 5.96. The van der Waals surface area contributed by atoms with E-state index in [1.54, 1.807) is 23.3 Å². The first kappa shape index (κ1) is 20.7. The van der Waals surface area contributed by atoms with E-state index >= 15 is 0 Å². The Bertz CT molecular complexity index is 984. The van der Waals surface area contributed by atoms with Crippen LogP contribution >= 0.6 is 0 Å². The molecule has 30 heavy (non-hydrogen) atoms. The molecule has 0 radical (unpaired) electrons. The van der Waals surface area contributed by atoms with Gasteiger partial charge in [-0.05, 0) is 43.9 Å². The maximum atomic E-state index is 13.0. The largest absolute Gasteiger partial charge is 0.467 e. The number of furan rings is 1. The van der Waals surface area contributed by atoms with Crippen LogP contribution in [-0.4, -0.2) is 60.6 Å². The number of carbonyl (C=O) groups excluding carboxylic acids is 2. The Hall–Kier alpha value is -2.59. The Balaban J connectivity index is 1.33. The minimum absolute atomic E-state index is 0.0887. The number of amides is 2. The number of aromatic nitrogens is 1. The monoisotopic (exact) mass is 434 g/mol. The molecule has 4 rings (SSSR count). The maximum Gasteiger partial charge on any atom is 0.270 e. The van der Waals surface area contributed by atoms with Crippen molar-refractivity contribution in [2.24, 2.45) is 5.92 Å². The van der Waals surface area contributed by atoms with E-state index in [2.05, 4.69) is 10.3 Å². The maximum absolute atomic E-state index is 13.0. The van der Waals surface area contributed by atoms with Crippen molar-refractivity contribution < 1.29 is 22.4 Å². The highest BCUT2D eigenvalue weighted by molar-refractivity contribution is 7.89. The number of likely N-dealkylation sites (tertiary alicyclic amines) is 1. The first-order chi connectivity index (χ1) is 14.4. The normalized spacial score (nSPS) is 18.6. The summed E-state index contributed by atoms with van der Waals surface area (Å²) in [6, 6.07) is 4.96. The number of piperidine rings is 1. The van der Waals surface area contributed by atoms with Crippen LogP contribution in [0.25, 0.3) is 0 Å². The van der Waals surface area contributed by atoms with Gasteiger partial charge in [-0.15, -0.1) is 0 Å². The summed E-state index contributed by atoms with van der Waals surface area (Å²) in [5.41, 5.74) is 0.294. The lowest BCUT2D eigenvalue weighted by molar-refractivity contribution is -0.126. The molecule has 2 aromatic heterocycles. The van der Waals surface area contributed by atoms with Gasteiger partial charge in [0.25, 0.3) is 5.91 Å². The number of carbonyl (C=O) groups is 2. The van der Waals surface area contributed by atoms with Gasteiger partial charge in [0, 0.05) is 38.3 Å². The van der Waals surface area contributed by atoms with Gasteiger partial charge in [-0.1, -0.05) is 0 Å². The summed E-state index contributed by atoms with van der Waals surface area (Å²) in [5, 5.41) is 2.83. The molecular formula is C20H26N4O5S. The summed E-state index contributed by atoms with van der Waals surface area (Å²) in [6.07, 6.45) is 5.78. The number of rotatable bonds is 6. The van der Waals surface area contributed by atoms with Crippen molar-refractivity contribution in [1.82, 2.24) is 19.5 Å². The Morgan fingerprint density at radius 1 is 1.17 bits per heavy atom. The molecule has 2 aliphatic rings. The zero-order valence-electron chi connectivity index (χ0n) is 16.7. The molecule has 2 aromatic rings. The molecule has 2 saturated heterocycles. The van der Waals surface area contributed by atoms with E-state index in [1.807, 2.05) is 0 Å². The lowest BCUT2D eigenvalue weighted by Gasteiger charge is -2.30. The third-order valence-corrected chi connectivity index (χ3v) is 7.64. The van der Waals surface area contributed by atoms with Crippen molar-refractivity contribution in [3.05, 3.63) is 42.1 Å². The number of hydrogen-bond acceptors (Lipinski definition) is 5. The Labute approximate surface area is 175 Å². The van der Waals surface area contributed by atoms with Crippen molar-refractivity contribution in [2.75, 3.05) is 26.2 Å². The highest BCUT2D eigenvalue weighted by atomic mass is 32.2. The standard InChI is InChI=1S/C20H26N4O5S/c25-19(22-13-16-4-3-11-29-16)15-5-9-24(10-6-15)30(27,28)17-12-18(21-14-17)20(26)23-7-1-2-8-23/h3-4,11-12,14-15,21H,1-2,5-10,13H2,(H,22,25). The molecule has 2 N–H and O–H groups in total. The van der Waals surface area contributed by atoms with Crippen molar-refractivity contribution in [3.63, 3.8) is 0 Å². The van der Waals surface area contributed by atoms with Crippen LogP contribution < -0.4 is 5.32 Å². The molecular weight excluding hydrogens is 408 g/mol. The number of H-pyrrole nitrogens is 1. The molecule has 0 bridgehead atoms. The van der Waals surface area contributed by atoms with Gasteiger partial charge in [0.1, 0.15) is 16.3 Å².